The first kappa shape index (κ1) is 34.2. The Morgan fingerprint density at radius 2 is 1.48 bits per heavy atom. The Morgan fingerprint density at radius 1 is 0.881 bits per heavy atom. The molecule has 214 valence electrons. The van der Waals surface area contributed by atoms with Gasteiger partial charge in [-0.2, -0.15) is 0 Å². The van der Waals surface area contributed by atoms with Crippen molar-refractivity contribution >= 4 is 14.9 Å². The van der Waals surface area contributed by atoms with Crippen molar-refractivity contribution in [2.75, 3.05) is 0 Å². The second-order valence-corrected chi connectivity index (χ2v) is 12.5. The summed E-state index contributed by atoms with van der Waals surface area (Å²) in [4.78, 5) is 0. The normalized spacial score (nSPS) is 18.2. The number of hydrogen-bond donors (Lipinski definition) is 0. The van der Waals surface area contributed by atoms with Crippen molar-refractivity contribution in [3.8, 4) is 0 Å². The summed E-state index contributed by atoms with van der Waals surface area (Å²) < 4.78 is 1.42. The first-order valence-corrected chi connectivity index (χ1v) is 15.8. The molecule has 0 N–H and O–H groups in total. The number of benzene rings is 3. The molecule has 1 unspecified atom stereocenters. The second kappa shape index (κ2) is 14.4. The number of fused-ring (bicyclic) bond motifs is 2. The van der Waals surface area contributed by atoms with Gasteiger partial charge < -0.3 is 24.8 Å². The summed E-state index contributed by atoms with van der Waals surface area (Å²) in [6, 6.07) is 25.8. The van der Waals surface area contributed by atoms with Gasteiger partial charge in [0, 0.05) is 0 Å². The molecule has 0 heterocycles. The second-order valence-electron chi connectivity index (χ2n) is 11.3. The molecule has 0 amide bonds. The van der Waals surface area contributed by atoms with Crippen LogP contribution in [0.3, 0.4) is 0 Å². The van der Waals surface area contributed by atoms with Crippen molar-refractivity contribution in [1.82, 2.24) is 0 Å². The quantitative estimate of drug-likeness (QED) is 0.366. The van der Waals surface area contributed by atoms with Crippen LogP contribution in [0.2, 0.25) is 0 Å². The van der Waals surface area contributed by atoms with E-state index in [1.807, 2.05) is 0 Å². The Balaban J connectivity index is 0.000000258. The number of rotatable bonds is 5. The van der Waals surface area contributed by atoms with Crippen LogP contribution in [0.15, 0.2) is 119 Å². The molecule has 3 heteroatoms. The molecule has 3 aromatic rings. The average molecular weight is 670 g/mol. The molecule has 0 aromatic heterocycles. The van der Waals surface area contributed by atoms with E-state index in [-0.39, 0.29) is 30.2 Å². The van der Waals surface area contributed by atoms with Crippen LogP contribution in [0, 0.1) is 12.3 Å². The Kier molecular flexibility index (Phi) is 11.8. The molecule has 0 spiro atoms. The predicted octanol–water partition coefficient (Wildman–Crippen LogP) is 2.14. The summed E-state index contributed by atoms with van der Waals surface area (Å²) in [5, 5.41) is 2.71. The zero-order chi connectivity index (χ0) is 28.4. The van der Waals surface area contributed by atoms with Crippen molar-refractivity contribution in [3.05, 3.63) is 152 Å². The van der Waals surface area contributed by atoms with Crippen molar-refractivity contribution < 1.29 is 49.0 Å². The third-order valence-electron chi connectivity index (χ3n) is 9.05. The Morgan fingerprint density at radius 3 is 1.98 bits per heavy atom. The van der Waals surface area contributed by atoms with Gasteiger partial charge >= 0.3 is 99.2 Å². The van der Waals surface area contributed by atoms with Crippen LogP contribution < -0.4 is 35.3 Å². The van der Waals surface area contributed by atoms with E-state index in [4.69, 9.17) is 0 Å². The summed E-state index contributed by atoms with van der Waals surface area (Å²) in [5.74, 6) is 0. The molecule has 0 nitrogen and oxygen atoms in total. The van der Waals surface area contributed by atoms with Gasteiger partial charge in [-0.05, 0) is 45.4 Å². The summed E-state index contributed by atoms with van der Waals surface area (Å²) in [6.45, 7) is 13.9. The summed E-state index contributed by atoms with van der Waals surface area (Å²) in [6.07, 6.45) is 13.9. The van der Waals surface area contributed by atoms with Gasteiger partial charge in [-0.3, -0.25) is 0 Å². The van der Waals surface area contributed by atoms with E-state index in [1.54, 1.807) is 0 Å². The van der Waals surface area contributed by atoms with Gasteiger partial charge in [0.15, 0.2) is 0 Å². The van der Waals surface area contributed by atoms with Gasteiger partial charge in [0.05, 0.1) is 0 Å². The van der Waals surface area contributed by atoms with Gasteiger partial charge in [-0.1, -0.05) is 78.5 Å². The van der Waals surface area contributed by atoms with E-state index in [1.165, 1.54) is 93.6 Å². The monoisotopic (exact) mass is 667 g/mol. The molecule has 0 radical (unpaired) electrons. The van der Waals surface area contributed by atoms with Gasteiger partial charge in [0.25, 0.3) is 0 Å². The van der Waals surface area contributed by atoms with E-state index in [0.717, 1.165) is 19.3 Å². The maximum absolute atomic E-state index is 3.86. The molecule has 0 bridgehead atoms. The van der Waals surface area contributed by atoms with Crippen LogP contribution >= 0.6 is 0 Å². The summed E-state index contributed by atoms with van der Waals surface area (Å²) in [7, 11) is 0. The molecule has 1 atom stereocenters. The van der Waals surface area contributed by atoms with E-state index in [2.05, 4.69) is 139 Å². The van der Waals surface area contributed by atoms with Crippen LogP contribution in [0.5, 0.6) is 0 Å². The van der Waals surface area contributed by atoms with Crippen LogP contribution in [0.4, 0.5) is 0 Å². The molecule has 3 aromatic carbocycles. The minimum absolute atomic E-state index is 0. The van der Waals surface area contributed by atoms with E-state index in [9.17, 15) is 0 Å². The van der Waals surface area contributed by atoms with Crippen molar-refractivity contribution in [1.29, 1.82) is 0 Å². The molecule has 3 aliphatic rings. The molecular weight excluding hydrogens is 631 g/mol. The van der Waals surface area contributed by atoms with E-state index in [0.29, 0.717) is 0 Å². The molecule has 3 aliphatic carbocycles. The van der Waals surface area contributed by atoms with Gasteiger partial charge in [-0.25, -0.2) is 0 Å². The summed E-state index contributed by atoms with van der Waals surface area (Å²) >= 11 is 1.46. The molecule has 42 heavy (non-hydrogen) atoms. The third-order valence-corrected chi connectivity index (χ3v) is 10.5. The Bertz CT molecular complexity index is 1680. The van der Waals surface area contributed by atoms with Crippen molar-refractivity contribution in [2.45, 2.75) is 60.8 Å². The molecule has 0 aliphatic heterocycles. The van der Waals surface area contributed by atoms with Gasteiger partial charge in [0.2, 0.25) is 0 Å². The molecule has 0 fully saturated rings. The van der Waals surface area contributed by atoms with Crippen LogP contribution in [-0.4, -0.2) is 3.21 Å². The molecule has 6 rings (SSSR count). The Hall–Kier alpha value is -2.31. The SMILES string of the molecule is CCc1cc(C)c2c(c1)=[C-]C1=C(C3=CC=CC3)C(C)(CC)C(C)=C(C)C=21.[Cl-].[Cl-].[Zr+2]=[C](c1ccccc1)c1ccccc1. The molecule has 0 saturated heterocycles. The fraction of sp³-hybridized carbons (Fsp3) is 0.256. The van der Waals surface area contributed by atoms with Crippen LogP contribution in [0.25, 0.3) is 11.6 Å². The molecule has 0 saturated carbocycles. The zero-order valence-electron chi connectivity index (χ0n) is 25.5. The maximum atomic E-state index is 3.86. The van der Waals surface area contributed by atoms with E-state index >= 15 is 0 Å². The summed E-state index contributed by atoms with van der Waals surface area (Å²) in [5.41, 5.74) is 14.3. The fourth-order valence-electron chi connectivity index (χ4n) is 6.41. The van der Waals surface area contributed by atoms with Crippen molar-refractivity contribution in [3.63, 3.8) is 0 Å². The number of aryl methyl sites for hydroxylation is 2. The average Bonchev–Trinajstić information content (AvgIpc) is 3.65. The van der Waals surface area contributed by atoms with E-state index < -0.39 is 0 Å². The number of halogens is 2. The first-order chi connectivity index (χ1) is 19.3. The van der Waals surface area contributed by atoms with Crippen LogP contribution in [0.1, 0.15) is 69.7 Å². The van der Waals surface area contributed by atoms with Crippen LogP contribution in [-0.2, 0) is 30.7 Å². The number of allylic oxidation sites excluding steroid dienone is 8. The number of hydrogen-bond acceptors (Lipinski definition) is 0. The third kappa shape index (κ3) is 6.31. The zero-order valence-corrected chi connectivity index (χ0v) is 29.5. The minimum atomic E-state index is 0. The van der Waals surface area contributed by atoms with Gasteiger partial charge in [-0.15, -0.1) is 33.7 Å². The van der Waals surface area contributed by atoms with Gasteiger partial charge in [0.1, 0.15) is 0 Å². The fourth-order valence-corrected chi connectivity index (χ4v) is 7.23. The Labute approximate surface area is 279 Å². The predicted molar refractivity (Wildman–Crippen MR) is 168 cm³/mol. The first-order valence-electron chi connectivity index (χ1n) is 14.6. The topological polar surface area (TPSA) is 0 Å². The standard InChI is InChI=1S/C26H29.C13H10.2ClH.Zr/c1-7-19-13-16(3)23-21(14-19)15-22-24(23)17(4)18(5)26(6,8-2)25(22)20-11-9-10-12-20;1-3-7-12(8-4-1)11-13-9-5-2-6-10-13;;;/h9-11,13-14H,7-8,12H2,1-6H3;1-10H;2*1H;/q-1;;;;+2/p-2. The van der Waals surface area contributed by atoms with Crippen molar-refractivity contribution in [2.24, 2.45) is 5.41 Å². The molecular formula is C39H39Cl2Zr-.